The molecule has 1 aromatic rings. The van der Waals surface area contributed by atoms with Gasteiger partial charge in [-0.15, -0.1) is 0 Å². The first-order valence-electron chi connectivity index (χ1n) is 6.64. The number of benzene rings is 1. The standard InChI is InChI=1S/C14H21N.CH2O3/c1-15(2)14(11-7-4-8-12-14)13-9-5-3-6-10-13;2-1(3)4/h3,5-6,9-10H,4,7-8,11-12H2,1-2H3;(H2,2,3,4). The van der Waals surface area contributed by atoms with E-state index >= 15 is 0 Å². The third-order valence-electron chi connectivity index (χ3n) is 3.85. The molecule has 0 spiro atoms. The third kappa shape index (κ3) is 4.24. The van der Waals surface area contributed by atoms with Crippen LogP contribution in [-0.2, 0) is 5.54 Å². The van der Waals surface area contributed by atoms with Gasteiger partial charge in [-0.3, -0.25) is 4.90 Å². The predicted octanol–water partition coefficient (Wildman–Crippen LogP) is 3.63. The Bertz CT molecular complexity index is 380. The van der Waals surface area contributed by atoms with E-state index in [0.717, 1.165) is 0 Å². The van der Waals surface area contributed by atoms with Crippen LogP contribution in [-0.4, -0.2) is 35.4 Å². The van der Waals surface area contributed by atoms with Gasteiger partial charge in [0.25, 0.3) is 0 Å². The lowest BCUT2D eigenvalue weighted by molar-refractivity contribution is 0.0988. The molecule has 106 valence electrons. The second-order valence-corrected chi connectivity index (χ2v) is 5.14. The summed E-state index contributed by atoms with van der Waals surface area (Å²) in [5.74, 6) is 0. The van der Waals surface area contributed by atoms with E-state index in [4.69, 9.17) is 15.0 Å². The molecule has 1 saturated carbocycles. The van der Waals surface area contributed by atoms with E-state index in [0.29, 0.717) is 5.54 Å². The Labute approximate surface area is 114 Å². The molecule has 0 atom stereocenters. The molecule has 1 fully saturated rings. The Hall–Kier alpha value is -1.55. The first kappa shape index (κ1) is 15.5. The Morgan fingerprint density at radius 2 is 1.53 bits per heavy atom. The van der Waals surface area contributed by atoms with Gasteiger partial charge < -0.3 is 10.2 Å². The van der Waals surface area contributed by atoms with Crippen LogP contribution >= 0.6 is 0 Å². The number of carboxylic acid groups (broad SMARTS) is 2. The van der Waals surface area contributed by atoms with Crippen LogP contribution in [0.3, 0.4) is 0 Å². The molecule has 4 nitrogen and oxygen atoms in total. The van der Waals surface area contributed by atoms with Crippen molar-refractivity contribution in [1.82, 2.24) is 4.90 Å². The molecule has 4 heteroatoms. The lowest BCUT2D eigenvalue weighted by atomic mass is 9.76. The molecule has 0 saturated heterocycles. The maximum absolute atomic E-state index is 8.56. The summed E-state index contributed by atoms with van der Waals surface area (Å²) < 4.78 is 0. The molecule has 0 aliphatic heterocycles. The van der Waals surface area contributed by atoms with Crippen LogP contribution in [0, 0.1) is 0 Å². The second kappa shape index (κ2) is 7.14. The molecule has 19 heavy (non-hydrogen) atoms. The van der Waals surface area contributed by atoms with Crippen molar-refractivity contribution in [2.75, 3.05) is 14.1 Å². The first-order chi connectivity index (χ1) is 8.99. The Balaban J connectivity index is 0.000000399. The van der Waals surface area contributed by atoms with Gasteiger partial charge in [0.1, 0.15) is 0 Å². The van der Waals surface area contributed by atoms with Crippen molar-refractivity contribution in [2.24, 2.45) is 0 Å². The Morgan fingerprint density at radius 3 is 1.95 bits per heavy atom. The van der Waals surface area contributed by atoms with Gasteiger partial charge in [-0.05, 0) is 32.5 Å². The summed E-state index contributed by atoms with van der Waals surface area (Å²) in [5, 5.41) is 13.9. The van der Waals surface area contributed by atoms with Gasteiger partial charge in [0.15, 0.2) is 0 Å². The van der Waals surface area contributed by atoms with E-state index in [-0.39, 0.29) is 0 Å². The van der Waals surface area contributed by atoms with E-state index in [1.807, 2.05) is 0 Å². The average Bonchev–Trinajstić information content (AvgIpc) is 2.40. The Morgan fingerprint density at radius 1 is 1.05 bits per heavy atom. The highest BCUT2D eigenvalue weighted by Gasteiger charge is 2.35. The van der Waals surface area contributed by atoms with Gasteiger partial charge in [0.05, 0.1) is 0 Å². The molecule has 0 unspecified atom stereocenters. The summed E-state index contributed by atoms with van der Waals surface area (Å²) in [5.41, 5.74) is 1.80. The molecule has 0 amide bonds. The van der Waals surface area contributed by atoms with Crippen LogP contribution in [0.15, 0.2) is 30.3 Å². The first-order valence-corrected chi connectivity index (χ1v) is 6.64. The quantitative estimate of drug-likeness (QED) is 0.857. The molecule has 1 aliphatic carbocycles. The summed E-state index contributed by atoms with van der Waals surface area (Å²) >= 11 is 0. The fourth-order valence-corrected chi connectivity index (χ4v) is 2.88. The minimum Gasteiger partial charge on any atom is -0.450 e. The minimum atomic E-state index is -1.83. The van der Waals surface area contributed by atoms with E-state index in [1.165, 1.54) is 37.7 Å². The third-order valence-corrected chi connectivity index (χ3v) is 3.85. The molecule has 2 rings (SSSR count). The summed E-state index contributed by atoms with van der Waals surface area (Å²) in [6, 6.07) is 11.0. The largest absolute Gasteiger partial charge is 0.503 e. The maximum Gasteiger partial charge on any atom is 0.503 e. The van der Waals surface area contributed by atoms with E-state index in [2.05, 4.69) is 49.3 Å². The van der Waals surface area contributed by atoms with E-state index < -0.39 is 6.16 Å². The lowest BCUT2D eigenvalue weighted by Gasteiger charge is -2.43. The van der Waals surface area contributed by atoms with Gasteiger partial charge in [0.2, 0.25) is 0 Å². The predicted molar refractivity (Wildman–Crippen MR) is 75.5 cm³/mol. The van der Waals surface area contributed by atoms with Crippen molar-refractivity contribution in [3.05, 3.63) is 35.9 Å². The molecule has 1 aliphatic rings. The zero-order valence-corrected chi connectivity index (χ0v) is 11.7. The van der Waals surface area contributed by atoms with Gasteiger partial charge in [-0.25, -0.2) is 4.79 Å². The van der Waals surface area contributed by atoms with Gasteiger partial charge in [-0.2, -0.15) is 0 Å². The van der Waals surface area contributed by atoms with Crippen molar-refractivity contribution in [2.45, 2.75) is 37.6 Å². The minimum absolute atomic E-state index is 0.305. The molecule has 0 bridgehead atoms. The summed E-state index contributed by atoms with van der Waals surface area (Å²) in [6.45, 7) is 0. The van der Waals surface area contributed by atoms with Crippen molar-refractivity contribution < 1.29 is 15.0 Å². The molecule has 0 aromatic heterocycles. The van der Waals surface area contributed by atoms with Crippen molar-refractivity contribution >= 4 is 6.16 Å². The van der Waals surface area contributed by atoms with Gasteiger partial charge in [0, 0.05) is 5.54 Å². The van der Waals surface area contributed by atoms with Crippen LogP contribution in [0.2, 0.25) is 0 Å². The summed E-state index contributed by atoms with van der Waals surface area (Å²) in [6.07, 6.45) is 4.93. The molecular weight excluding hydrogens is 242 g/mol. The molecule has 0 heterocycles. The number of carbonyl (C=O) groups is 1. The van der Waals surface area contributed by atoms with Crippen LogP contribution in [0.4, 0.5) is 4.79 Å². The normalized spacial score (nSPS) is 17.4. The molecular formula is C15H23NO3. The SMILES string of the molecule is CN(C)C1(c2ccccc2)CCCCC1.O=C(O)O. The van der Waals surface area contributed by atoms with Crippen LogP contribution in [0.5, 0.6) is 0 Å². The highest BCUT2D eigenvalue weighted by Crippen LogP contribution is 2.40. The number of hydrogen-bond acceptors (Lipinski definition) is 2. The van der Waals surface area contributed by atoms with E-state index in [9.17, 15) is 0 Å². The monoisotopic (exact) mass is 265 g/mol. The lowest BCUT2D eigenvalue weighted by Crippen LogP contribution is -2.42. The van der Waals surface area contributed by atoms with E-state index in [1.54, 1.807) is 0 Å². The zero-order valence-electron chi connectivity index (χ0n) is 11.7. The fourth-order valence-electron chi connectivity index (χ4n) is 2.88. The summed E-state index contributed by atoms with van der Waals surface area (Å²) in [4.78, 5) is 11.0. The topological polar surface area (TPSA) is 60.8 Å². The number of nitrogens with zero attached hydrogens (tertiary/aromatic N) is 1. The fraction of sp³-hybridized carbons (Fsp3) is 0.533. The number of rotatable bonds is 2. The van der Waals surface area contributed by atoms with Crippen molar-refractivity contribution in [1.29, 1.82) is 0 Å². The smallest absolute Gasteiger partial charge is 0.450 e. The summed E-state index contributed by atoms with van der Waals surface area (Å²) in [7, 11) is 4.44. The zero-order chi connectivity index (χ0) is 14.3. The van der Waals surface area contributed by atoms with Gasteiger partial charge in [-0.1, -0.05) is 49.6 Å². The molecule has 1 aromatic carbocycles. The van der Waals surface area contributed by atoms with Crippen molar-refractivity contribution in [3.63, 3.8) is 0 Å². The molecule has 0 radical (unpaired) electrons. The van der Waals surface area contributed by atoms with Crippen LogP contribution < -0.4 is 0 Å². The van der Waals surface area contributed by atoms with Gasteiger partial charge >= 0.3 is 6.16 Å². The Kier molecular flexibility index (Phi) is 5.83. The number of hydrogen-bond donors (Lipinski definition) is 2. The highest BCUT2D eigenvalue weighted by atomic mass is 16.6. The maximum atomic E-state index is 8.56. The average molecular weight is 265 g/mol. The van der Waals surface area contributed by atoms with Crippen molar-refractivity contribution in [3.8, 4) is 0 Å². The molecule has 2 N–H and O–H groups in total. The highest BCUT2D eigenvalue weighted by molar-refractivity contribution is 5.53. The van der Waals surface area contributed by atoms with Crippen LogP contribution in [0.25, 0.3) is 0 Å². The van der Waals surface area contributed by atoms with Crippen LogP contribution in [0.1, 0.15) is 37.7 Å². The second-order valence-electron chi connectivity index (χ2n) is 5.14.